The molecule has 42 heavy (non-hydrogen) atoms. The Morgan fingerprint density at radius 3 is 2.50 bits per heavy atom. The predicted molar refractivity (Wildman–Crippen MR) is 168 cm³/mol. The van der Waals surface area contributed by atoms with Gasteiger partial charge in [0, 0.05) is 19.2 Å². The van der Waals surface area contributed by atoms with E-state index >= 15 is 0 Å². The molecule has 1 aliphatic heterocycles. The molecule has 2 fully saturated rings. The summed E-state index contributed by atoms with van der Waals surface area (Å²) in [4.78, 5) is 19.6. The Labute approximate surface area is 247 Å². The summed E-state index contributed by atoms with van der Waals surface area (Å²) in [6.07, 6.45) is 3.06. The molecule has 0 bridgehead atoms. The van der Waals surface area contributed by atoms with Crippen LogP contribution >= 0.6 is 11.3 Å². The second-order valence-corrected chi connectivity index (χ2v) is 12.8. The van der Waals surface area contributed by atoms with E-state index in [1.807, 2.05) is 36.4 Å². The van der Waals surface area contributed by atoms with Crippen LogP contribution in [-0.4, -0.2) is 28.0 Å². The van der Waals surface area contributed by atoms with Crippen LogP contribution in [0, 0.1) is 24.7 Å². The number of anilines is 1. The molecule has 1 saturated heterocycles. The SMILES string of the molecule is [C-]#[N+]c1cccc(-c2ccc(C3(c4nc5cc(F)c(C)cc5[nH]4)CC34CCN(c3nc5ccccc5s3)CC4)cc2)c1. The summed E-state index contributed by atoms with van der Waals surface area (Å²) in [5, 5.41) is 1.10. The Balaban J connectivity index is 1.17. The first-order valence-corrected chi connectivity index (χ1v) is 15.2. The van der Waals surface area contributed by atoms with E-state index in [9.17, 15) is 4.39 Å². The molecule has 206 valence electrons. The molecule has 2 aliphatic rings. The van der Waals surface area contributed by atoms with Crippen molar-refractivity contribution in [3.63, 3.8) is 0 Å². The minimum Gasteiger partial charge on any atom is -0.348 e. The van der Waals surface area contributed by atoms with Crippen molar-refractivity contribution in [2.24, 2.45) is 5.41 Å². The number of thiazole rings is 1. The maximum absolute atomic E-state index is 14.5. The highest BCUT2D eigenvalue weighted by Crippen LogP contribution is 2.72. The standard InChI is InChI=1S/C35H28FN5S/c1-22-18-29-30(20-27(22)36)39-32(38-29)35(25-12-10-23(11-13-25)24-6-5-7-26(19-24)37-2)21-34(35)14-16-41(17-15-34)33-40-28-8-3-4-9-31(28)42-33/h3-13,18-20H,14-17,21H2,1H3,(H,38,39). The van der Waals surface area contributed by atoms with E-state index in [0.717, 1.165) is 65.5 Å². The fourth-order valence-electron chi connectivity index (χ4n) is 7.11. The smallest absolute Gasteiger partial charge is 0.187 e. The summed E-state index contributed by atoms with van der Waals surface area (Å²) in [6.45, 7) is 11.1. The minimum absolute atomic E-state index is 0.0627. The van der Waals surface area contributed by atoms with Gasteiger partial charge in [-0.05, 0) is 78.1 Å². The van der Waals surface area contributed by atoms with Crippen LogP contribution in [-0.2, 0) is 5.41 Å². The van der Waals surface area contributed by atoms with E-state index in [1.54, 1.807) is 24.3 Å². The number of hydrogen-bond donors (Lipinski definition) is 1. The maximum atomic E-state index is 14.5. The van der Waals surface area contributed by atoms with Gasteiger partial charge in [0.1, 0.15) is 11.6 Å². The number of aryl methyl sites for hydroxylation is 1. The summed E-state index contributed by atoms with van der Waals surface area (Å²) in [7, 11) is 0. The molecule has 0 radical (unpaired) electrons. The zero-order chi connectivity index (χ0) is 28.5. The lowest BCUT2D eigenvalue weighted by molar-refractivity contribution is 0.340. The number of piperidine rings is 1. The zero-order valence-electron chi connectivity index (χ0n) is 23.2. The van der Waals surface area contributed by atoms with Gasteiger partial charge in [0.2, 0.25) is 0 Å². The Morgan fingerprint density at radius 2 is 1.71 bits per heavy atom. The molecule has 2 aromatic heterocycles. The molecule has 1 N–H and O–H groups in total. The highest BCUT2D eigenvalue weighted by Gasteiger charge is 2.70. The molecule has 1 spiro atoms. The van der Waals surface area contributed by atoms with Gasteiger partial charge in [-0.25, -0.2) is 19.2 Å². The normalized spacial score (nSPS) is 19.4. The van der Waals surface area contributed by atoms with Crippen LogP contribution in [0.15, 0.2) is 84.9 Å². The molecule has 6 aromatic rings. The number of benzene rings is 4. The van der Waals surface area contributed by atoms with Crippen LogP contribution in [0.4, 0.5) is 15.2 Å². The number of fused-ring (bicyclic) bond motifs is 2. The fraction of sp³-hybridized carbons (Fsp3) is 0.229. The van der Waals surface area contributed by atoms with Gasteiger partial charge in [-0.3, -0.25) is 0 Å². The number of imidazole rings is 1. The summed E-state index contributed by atoms with van der Waals surface area (Å²) in [5.74, 6) is 0.703. The van der Waals surface area contributed by atoms with Crippen molar-refractivity contribution < 1.29 is 4.39 Å². The summed E-state index contributed by atoms with van der Waals surface area (Å²) >= 11 is 1.77. The van der Waals surface area contributed by atoms with Crippen molar-refractivity contribution in [1.82, 2.24) is 15.0 Å². The Kier molecular flexibility index (Phi) is 5.54. The lowest BCUT2D eigenvalue weighted by Crippen LogP contribution is -2.38. The van der Waals surface area contributed by atoms with Gasteiger partial charge in [-0.15, -0.1) is 0 Å². The topological polar surface area (TPSA) is 49.2 Å². The van der Waals surface area contributed by atoms with E-state index in [1.165, 1.54) is 10.3 Å². The molecule has 8 rings (SSSR count). The second-order valence-electron chi connectivity index (χ2n) is 11.8. The monoisotopic (exact) mass is 569 g/mol. The molecule has 1 aliphatic carbocycles. The fourth-order valence-corrected chi connectivity index (χ4v) is 8.13. The molecule has 3 heterocycles. The van der Waals surface area contributed by atoms with Crippen LogP contribution < -0.4 is 4.90 Å². The van der Waals surface area contributed by atoms with Crippen molar-refractivity contribution in [2.75, 3.05) is 18.0 Å². The number of rotatable bonds is 4. The van der Waals surface area contributed by atoms with Crippen LogP contribution in [0.25, 0.3) is 37.2 Å². The molecular formula is C35H28FN5S. The zero-order valence-corrected chi connectivity index (χ0v) is 24.0. The van der Waals surface area contributed by atoms with Gasteiger partial charge in [-0.2, -0.15) is 0 Å². The number of nitrogens with one attached hydrogen (secondary N) is 1. The molecule has 1 atom stereocenters. The third kappa shape index (κ3) is 3.79. The van der Waals surface area contributed by atoms with Crippen molar-refractivity contribution in [1.29, 1.82) is 0 Å². The third-order valence-electron chi connectivity index (χ3n) is 9.51. The number of nitrogens with zero attached hydrogens (tertiary/aromatic N) is 4. The Bertz CT molecular complexity index is 1950. The number of hydrogen-bond acceptors (Lipinski definition) is 4. The van der Waals surface area contributed by atoms with E-state index in [-0.39, 0.29) is 16.6 Å². The van der Waals surface area contributed by atoms with Crippen molar-refractivity contribution in [3.05, 3.63) is 119 Å². The van der Waals surface area contributed by atoms with Crippen LogP contribution in [0.2, 0.25) is 0 Å². The Hall–Kier alpha value is -4.54. The summed E-state index contributed by atoms with van der Waals surface area (Å²) in [6, 6.07) is 28.3. The number of para-hydroxylation sites is 1. The molecule has 0 amide bonds. The van der Waals surface area contributed by atoms with Gasteiger partial charge in [0.25, 0.3) is 0 Å². The van der Waals surface area contributed by atoms with Gasteiger partial charge >= 0.3 is 0 Å². The first-order chi connectivity index (χ1) is 20.5. The molecule has 5 nitrogen and oxygen atoms in total. The number of halogens is 1. The molecule has 1 unspecified atom stereocenters. The minimum atomic E-state index is -0.271. The first-order valence-electron chi connectivity index (χ1n) is 14.3. The number of H-pyrrole nitrogens is 1. The average molecular weight is 570 g/mol. The van der Waals surface area contributed by atoms with Crippen molar-refractivity contribution >= 4 is 43.4 Å². The van der Waals surface area contributed by atoms with Gasteiger partial charge in [-0.1, -0.05) is 65.9 Å². The largest absolute Gasteiger partial charge is 0.348 e. The second kappa shape index (κ2) is 9.23. The lowest BCUT2D eigenvalue weighted by atomic mass is 9.79. The first kappa shape index (κ1) is 25.2. The highest BCUT2D eigenvalue weighted by atomic mass is 32.1. The summed E-state index contributed by atoms with van der Waals surface area (Å²) < 4.78 is 15.7. The maximum Gasteiger partial charge on any atom is 0.187 e. The van der Waals surface area contributed by atoms with E-state index in [4.69, 9.17) is 16.5 Å². The number of aromatic nitrogens is 3. The summed E-state index contributed by atoms with van der Waals surface area (Å²) in [5.41, 5.74) is 7.02. The van der Waals surface area contributed by atoms with Crippen LogP contribution in [0.5, 0.6) is 0 Å². The van der Waals surface area contributed by atoms with E-state index < -0.39 is 0 Å². The van der Waals surface area contributed by atoms with Crippen molar-refractivity contribution in [3.8, 4) is 11.1 Å². The van der Waals surface area contributed by atoms with Gasteiger partial charge in [0.05, 0.1) is 33.2 Å². The van der Waals surface area contributed by atoms with E-state index in [0.29, 0.717) is 16.8 Å². The molecule has 7 heteroatoms. The van der Waals surface area contributed by atoms with Crippen LogP contribution in [0.3, 0.4) is 0 Å². The number of aromatic amines is 1. The highest BCUT2D eigenvalue weighted by molar-refractivity contribution is 7.22. The van der Waals surface area contributed by atoms with Gasteiger partial charge < -0.3 is 9.88 Å². The molecule has 1 saturated carbocycles. The van der Waals surface area contributed by atoms with E-state index in [2.05, 4.69) is 57.2 Å². The molecule has 4 aromatic carbocycles. The van der Waals surface area contributed by atoms with Gasteiger partial charge in [0.15, 0.2) is 10.8 Å². The van der Waals surface area contributed by atoms with Crippen LogP contribution in [0.1, 0.15) is 36.2 Å². The Morgan fingerprint density at radius 1 is 0.905 bits per heavy atom. The predicted octanol–water partition coefficient (Wildman–Crippen LogP) is 8.81. The average Bonchev–Trinajstić information content (AvgIpc) is 3.29. The molecular weight excluding hydrogens is 541 g/mol. The quantitative estimate of drug-likeness (QED) is 0.216. The van der Waals surface area contributed by atoms with Crippen molar-refractivity contribution in [2.45, 2.75) is 31.6 Å². The lowest BCUT2D eigenvalue weighted by Gasteiger charge is -2.35. The third-order valence-corrected chi connectivity index (χ3v) is 10.6.